The number of hydrogen-bond acceptors (Lipinski definition) is 3. The van der Waals surface area contributed by atoms with Crippen LogP contribution in [0.5, 0.6) is 0 Å². The van der Waals surface area contributed by atoms with Crippen LogP contribution in [0.15, 0.2) is 0 Å². The molecule has 0 aromatic heterocycles. The van der Waals surface area contributed by atoms with Gasteiger partial charge in [0, 0.05) is 0 Å². The Balaban J connectivity index is 3.52. The van der Waals surface area contributed by atoms with E-state index in [1.54, 1.807) is 6.92 Å². The summed E-state index contributed by atoms with van der Waals surface area (Å²) in [5.74, 6) is -3.42. The Bertz CT molecular complexity index is 292. The monoisotopic (exact) mass is 329 g/mol. The van der Waals surface area contributed by atoms with Crippen LogP contribution in [0.1, 0.15) is 104 Å². The van der Waals surface area contributed by atoms with Crippen molar-refractivity contribution in [1.29, 1.82) is 0 Å². The van der Waals surface area contributed by atoms with Crippen molar-refractivity contribution in [2.75, 3.05) is 0 Å². The highest BCUT2D eigenvalue weighted by Gasteiger charge is 2.36. The first-order chi connectivity index (χ1) is 11.0. The summed E-state index contributed by atoms with van der Waals surface area (Å²) in [6.45, 7) is 3.90. The highest BCUT2D eigenvalue weighted by Crippen LogP contribution is 2.24. The zero-order chi connectivity index (χ0) is 17.6. The number of aliphatic hydroxyl groups is 2. The molecule has 0 aromatic carbocycles. The lowest BCUT2D eigenvalue weighted by atomic mass is 9.90. The number of carbonyl (C=O) groups is 1. The summed E-state index contributed by atoms with van der Waals surface area (Å²) in [5, 5.41) is 19.6. The van der Waals surface area contributed by atoms with E-state index in [1.165, 1.54) is 57.8 Å². The summed E-state index contributed by atoms with van der Waals surface area (Å²) >= 11 is 0. The van der Waals surface area contributed by atoms with Gasteiger partial charge in [-0.3, -0.25) is 4.79 Å². The maximum absolute atomic E-state index is 11.3. The van der Waals surface area contributed by atoms with Gasteiger partial charge < -0.3 is 15.9 Å². The third-order valence-corrected chi connectivity index (χ3v) is 4.77. The second kappa shape index (κ2) is 13.8. The average molecular weight is 330 g/mol. The van der Waals surface area contributed by atoms with Gasteiger partial charge in [0.2, 0.25) is 5.91 Å². The second-order valence-corrected chi connectivity index (χ2v) is 6.86. The van der Waals surface area contributed by atoms with E-state index in [0.717, 1.165) is 19.3 Å². The molecule has 0 aliphatic heterocycles. The largest absolute Gasteiger partial charge is 0.369 e. The van der Waals surface area contributed by atoms with E-state index in [9.17, 15) is 15.0 Å². The van der Waals surface area contributed by atoms with Crippen LogP contribution in [0.2, 0.25) is 0 Å². The molecule has 0 fully saturated rings. The van der Waals surface area contributed by atoms with Crippen molar-refractivity contribution in [2.24, 2.45) is 11.7 Å². The van der Waals surface area contributed by atoms with Crippen LogP contribution in [0.25, 0.3) is 0 Å². The van der Waals surface area contributed by atoms with Gasteiger partial charge in [-0.05, 0) is 12.8 Å². The van der Waals surface area contributed by atoms with E-state index in [2.05, 4.69) is 6.92 Å². The molecule has 4 N–H and O–H groups in total. The molecule has 0 saturated carbocycles. The van der Waals surface area contributed by atoms with E-state index in [0.29, 0.717) is 6.42 Å². The number of nitrogens with two attached hydrogens (primary N) is 1. The molecule has 0 heterocycles. The lowest BCUT2D eigenvalue weighted by Crippen LogP contribution is -2.44. The van der Waals surface area contributed by atoms with Crippen LogP contribution in [-0.4, -0.2) is 21.9 Å². The topological polar surface area (TPSA) is 83.6 Å². The number of rotatable bonds is 16. The van der Waals surface area contributed by atoms with Gasteiger partial charge in [0.25, 0.3) is 0 Å². The molecule has 1 atom stereocenters. The molecular weight excluding hydrogens is 290 g/mol. The minimum absolute atomic E-state index is 0.124. The average Bonchev–Trinajstić information content (AvgIpc) is 2.51. The number of hydrogen-bond donors (Lipinski definition) is 3. The standard InChI is InChI=1S/C19H39NO3/c1-3-5-6-7-8-9-10-11-12-13-14-15-16-17(18(20)21)19(22,23)4-2/h17,22-23H,3-16H2,1-2H3,(H2,20,21). The molecule has 4 nitrogen and oxygen atoms in total. The van der Waals surface area contributed by atoms with Crippen molar-refractivity contribution in [3.05, 3.63) is 0 Å². The fourth-order valence-electron chi connectivity index (χ4n) is 3.04. The molecule has 1 unspecified atom stereocenters. The van der Waals surface area contributed by atoms with Crippen molar-refractivity contribution in [3.8, 4) is 0 Å². The number of unbranched alkanes of at least 4 members (excludes halogenated alkanes) is 11. The summed E-state index contributed by atoms with van der Waals surface area (Å²) in [7, 11) is 0. The minimum Gasteiger partial charge on any atom is -0.369 e. The van der Waals surface area contributed by atoms with Crippen LogP contribution in [-0.2, 0) is 4.79 Å². The summed E-state index contributed by atoms with van der Waals surface area (Å²) < 4.78 is 0. The predicted octanol–water partition coefficient (Wildman–Crippen LogP) is 4.27. The first-order valence-corrected chi connectivity index (χ1v) is 9.69. The molecule has 23 heavy (non-hydrogen) atoms. The van der Waals surface area contributed by atoms with E-state index < -0.39 is 17.6 Å². The molecule has 0 spiro atoms. The summed E-state index contributed by atoms with van der Waals surface area (Å²) in [6.07, 6.45) is 15.6. The summed E-state index contributed by atoms with van der Waals surface area (Å²) in [6, 6.07) is 0. The first kappa shape index (κ1) is 22.4. The predicted molar refractivity (Wildman–Crippen MR) is 95.8 cm³/mol. The Hall–Kier alpha value is -0.610. The Morgan fingerprint density at radius 3 is 1.57 bits per heavy atom. The molecule has 0 aliphatic carbocycles. The van der Waals surface area contributed by atoms with Crippen molar-refractivity contribution >= 4 is 5.91 Å². The Kier molecular flexibility index (Phi) is 13.4. The lowest BCUT2D eigenvalue weighted by Gasteiger charge is -2.27. The van der Waals surface area contributed by atoms with E-state index >= 15 is 0 Å². The van der Waals surface area contributed by atoms with Gasteiger partial charge in [-0.15, -0.1) is 0 Å². The number of carbonyl (C=O) groups excluding carboxylic acids is 1. The third kappa shape index (κ3) is 11.5. The smallest absolute Gasteiger partial charge is 0.225 e. The molecule has 0 aliphatic rings. The van der Waals surface area contributed by atoms with Crippen LogP contribution in [0.4, 0.5) is 0 Å². The van der Waals surface area contributed by atoms with Gasteiger partial charge in [0.15, 0.2) is 5.79 Å². The van der Waals surface area contributed by atoms with Gasteiger partial charge in [0.1, 0.15) is 0 Å². The molecule has 0 bridgehead atoms. The van der Waals surface area contributed by atoms with Crippen LogP contribution in [0.3, 0.4) is 0 Å². The van der Waals surface area contributed by atoms with Gasteiger partial charge in [-0.25, -0.2) is 0 Å². The van der Waals surface area contributed by atoms with Gasteiger partial charge >= 0.3 is 0 Å². The van der Waals surface area contributed by atoms with Crippen molar-refractivity contribution in [1.82, 2.24) is 0 Å². The molecule has 4 heteroatoms. The quantitative estimate of drug-likeness (QED) is 0.292. The SMILES string of the molecule is CCCCCCCCCCCCCCC(C(N)=O)C(O)(O)CC. The van der Waals surface area contributed by atoms with Gasteiger partial charge in [-0.2, -0.15) is 0 Å². The van der Waals surface area contributed by atoms with Crippen molar-refractivity contribution in [2.45, 2.75) is 110 Å². The fourth-order valence-corrected chi connectivity index (χ4v) is 3.04. The lowest BCUT2D eigenvalue weighted by molar-refractivity contribution is -0.203. The molecule has 1 amide bonds. The van der Waals surface area contributed by atoms with Gasteiger partial charge in [0.05, 0.1) is 5.92 Å². The summed E-state index contributed by atoms with van der Waals surface area (Å²) in [5.41, 5.74) is 5.28. The molecule has 0 rings (SSSR count). The normalized spacial score (nSPS) is 13.2. The van der Waals surface area contributed by atoms with Gasteiger partial charge in [-0.1, -0.05) is 90.9 Å². The Morgan fingerprint density at radius 2 is 1.22 bits per heavy atom. The molecule has 138 valence electrons. The highest BCUT2D eigenvalue weighted by molar-refractivity contribution is 5.77. The maximum atomic E-state index is 11.3. The fraction of sp³-hybridized carbons (Fsp3) is 0.947. The Morgan fingerprint density at radius 1 is 0.826 bits per heavy atom. The number of primary amides is 1. The van der Waals surface area contributed by atoms with Crippen molar-refractivity contribution < 1.29 is 15.0 Å². The minimum atomic E-state index is -1.95. The van der Waals surface area contributed by atoms with Crippen LogP contribution < -0.4 is 5.73 Å². The van der Waals surface area contributed by atoms with Crippen molar-refractivity contribution in [3.63, 3.8) is 0 Å². The molecular formula is C19H39NO3. The number of amides is 1. The van der Waals surface area contributed by atoms with Crippen LogP contribution >= 0.6 is 0 Å². The summed E-state index contributed by atoms with van der Waals surface area (Å²) in [4.78, 5) is 11.3. The molecule has 0 aromatic rings. The zero-order valence-corrected chi connectivity index (χ0v) is 15.4. The second-order valence-electron chi connectivity index (χ2n) is 6.86. The van der Waals surface area contributed by atoms with E-state index in [4.69, 9.17) is 5.73 Å². The maximum Gasteiger partial charge on any atom is 0.225 e. The molecule has 0 saturated heterocycles. The van der Waals surface area contributed by atoms with E-state index in [-0.39, 0.29) is 6.42 Å². The van der Waals surface area contributed by atoms with E-state index in [1.807, 2.05) is 0 Å². The first-order valence-electron chi connectivity index (χ1n) is 9.69. The zero-order valence-electron chi connectivity index (χ0n) is 15.4. The highest BCUT2D eigenvalue weighted by atomic mass is 16.5. The molecule has 0 radical (unpaired) electrons. The van der Waals surface area contributed by atoms with Crippen LogP contribution in [0, 0.1) is 5.92 Å². The third-order valence-electron chi connectivity index (χ3n) is 4.77. The Labute approximate surface area is 142 Å².